The van der Waals surface area contributed by atoms with E-state index in [4.69, 9.17) is 4.74 Å². The van der Waals surface area contributed by atoms with Gasteiger partial charge in [0, 0.05) is 13.1 Å². The molecule has 1 rings (SSSR count). The van der Waals surface area contributed by atoms with E-state index in [0.29, 0.717) is 6.04 Å². The fourth-order valence-corrected chi connectivity index (χ4v) is 0.855. The normalized spacial score (nSPS) is 17.8. The Kier molecular flexibility index (Phi) is 3.11. The van der Waals surface area contributed by atoms with Gasteiger partial charge in [0.25, 0.3) is 0 Å². The van der Waals surface area contributed by atoms with Gasteiger partial charge in [0.15, 0.2) is 0 Å². The minimum atomic E-state index is -0.441. The first kappa shape index (κ1) is 10.3. The molecule has 0 aliphatic carbocycles. The largest absolute Gasteiger partial charge is 0.443 e. The van der Waals surface area contributed by atoms with Crippen molar-refractivity contribution in [2.24, 2.45) is 0 Å². The zero-order valence-electron chi connectivity index (χ0n) is 8.31. The molecule has 0 radical (unpaired) electrons. The number of hydrazine groups is 1. The Morgan fingerprint density at radius 2 is 2.08 bits per heavy atom. The molecule has 0 atom stereocenters. The molecule has 1 aliphatic rings. The second-order valence-electron chi connectivity index (χ2n) is 4.13. The van der Waals surface area contributed by atoms with Gasteiger partial charge in [-0.3, -0.25) is 5.43 Å². The van der Waals surface area contributed by atoms with Crippen molar-refractivity contribution in [3.8, 4) is 0 Å². The zero-order chi connectivity index (χ0) is 9.90. The van der Waals surface area contributed by atoms with Crippen molar-refractivity contribution < 1.29 is 9.53 Å². The fraction of sp³-hybridized carbons (Fsp3) is 0.875. The van der Waals surface area contributed by atoms with E-state index in [1.807, 2.05) is 20.8 Å². The molecule has 5 nitrogen and oxygen atoms in total. The molecule has 5 heteroatoms. The van der Waals surface area contributed by atoms with Crippen LogP contribution in [0.1, 0.15) is 20.8 Å². The summed E-state index contributed by atoms with van der Waals surface area (Å²) >= 11 is 0. The standard InChI is InChI=1S/C8H17N3O2/c1-8(2,3)13-7(12)11-10-6-4-9-5-6/h6,9-10H,4-5H2,1-3H3,(H,11,12). The average Bonchev–Trinajstić information content (AvgIpc) is 1.78. The summed E-state index contributed by atoms with van der Waals surface area (Å²) < 4.78 is 5.02. The lowest BCUT2D eigenvalue weighted by Crippen LogP contribution is -2.60. The Morgan fingerprint density at radius 1 is 1.46 bits per heavy atom. The maximum atomic E-state index is 11.1. The Balaban J connectivity index is 2.10. The number of carbonyl (C=O) groups is 1. The molecule has 0 aromatic carbocycles. The van der Waals surface area contributed by atoms with E-state index in [1.165, 1.54) is 0 Å². The van der Waals surface area contributed by atoms with Crippen LogP contribution in [0.4, 0.5) is 4.79 Å². The van der Waals surface area contributed by atoms with Gasteiger partial charge in [-0.25, -0.2) is 10.2 Å². The van der Waals surface area contributed by atoms with E-state index >= 15 is 0 Å². The third kappa shape index (κ3) is 4.10. The highest BCUT2D eigenvalue weighted by Gasteiger charge is 2.19. The SMILES string of the molecule is CC(C)(C)OC(=O)NNC1CNC1. The van der Waals surface area contributed by atoms with E-state index in [-0.39, 0.29) is 0 Å². The molecule has 1 amide bonds. The van der Waals surface area contributed by atoms with Gasteiger partial charge in [0.1, 0.15) is 5.60 Å². The van der Waals surface area contributed by atoms with E-state index in [9.17, 15) is 4.79 Å². The van der Waals surface area contributed by atoms with Crippen molar-refractivity contribution in [1.29, 1.82) is 0 Å². The summed E-state index contributed by atoms with van der Waals surface area (Å²) in [6.45, 7) is 7.26. The second-order valence-corrected chi connectivity index (χ2v) is 4.13. The first-order valence-electron chi connectivity index (χ1n) is 4.42. The van der Waals surface area contributed by atoms with Crippen molar-refractivity contribution in [2.75, 3.05) is 13.1 Å². The molecule has 1 aliphatic heterocycles. The van der Waals surface area contributed by atoms with Crippen molar-refractivity contribution in [3.63, 3.8) is 0 Å². The van der Waals surface area contributed by atoms with Crippen LogP contribution in [0.5, 0.6) is 0 Å². The van der Waals surface area contributed by atoms with Crippen LogP contribution in [0.15, 0.2) is 0 Å². The van der Waals surface area contributed by atoms with Crippen LogP contribution in [0.25, 0.3) is 0 Å². The maximum Gasteiger partial charge on any atom is 0.422 e. The summed E-state index contributed by atoms with van der Waals surface area (Å²) in [7, 11) is 0. The molecule has 0 bridgehead atoms. The maximum absolute atomic E-state index is 11.1. The fourth-order valence-electron chi connectivity index (χ4n) is 0.855. The highest BCUT2D eigenvalue weighted by Crippen LogP contribution is 2.05. The minimum absolute atomic E-state index is 0.326. The summed E-state index contributed by atoms with van der Waals surface area (Å²) in [5, 5.41) is 3.08. The van der Waals surface area contributed by atoms with Gasteiger partial charge in [-0.1, -0.05) is 0 Å². The first-order chi connectivity index (χ1) is 5.97. The van der Waals surface area contributed by atoms with Gasteiger partial charge in [0.2, 0.25) is 0 Å². The quantitative estimate of drug-likeness (QED) is 0.532. The van der Waals surface area contributed by atoms with Crippen LogP contribution in [-0.2, 0) is 4.74 Å². The summed E-state index contributed by atoms with van der Waals surface area (Å²) in [6.07, 6.45) is -0.431. The Labute approximate surface area is 78.2 Å². The minimum Gasteiger partial charge on any atom is -0.443 e. The topological polar surface area (TPSA) is 62.4 Å². The molecule has 1 fully saturated rings. The van der Waals surface area contributed by atoms with Crippen molar-refractivity contribution in [2.45, 2.75) is 32.4 Å². The number of hydrogen-bond donors (Lipinski definition) is 3. The van der Waals surface area contributed by atoms with Crippen LogP contribution in [0.2, 0.25) is 0 Å². The van der Waals surface area contributed by atoms with E-state index in [2.05, 4.69) is 16.2 Å². The third-order valence-electron chi connectivity index (χ3n) is 1.56. The molecule has 76 valence electrons. The van der Waals surface area contributed by atoms with Gasteiger partial charge >= 0.3 is 6.09 Å². The number of nitrogens with one attached hydrogen (secondary N) is 3. The lowest BCUT2D eigenvalue weighted by atomic mass is 10.2. The predicted octanol–water partition coefficient (Wildman–Crippen LogP) is -0.0125. The molecule has 0 saturated carbocycles. The highest BCUT2D eigenvalue weighted by molar-refractivity contribution is 5.67. The predicted molar refractivity (Wildman–Crippen MR) is 49.2 cm³/mol. The average molecular weight is 187 g/mol. The van der Waals surface area contributed by atoms with Gasteiger partial charge < -0.3 is 10.1 Å². The summed E-state index contributed by atoms with van der Waals surface area (Å²) in [5.74, 6) is 0. The van der Waals surface area contributed by atoms with Crippen LogP contribution >= 0.6 is 0 Å². The molecule has 0 aromatic rings. The van der Waals surface area contributed by atoms with Crippen LogP contribution in [0.3, 0.4) is 0 Å². The van der Waals surface area contributed by atoms with E-state index in [0.717, 1.165) is 13.1 Å². The Bertz CT molecular complexity index is 184. The molecule has 13 heavy (non-hydrogen) atoms. The number of hydrogen-bond acceptors (Lipinski definition) is 4. The third-order valence-corrected chi connectivity index (χ3v) is 1.56. The smallest absolute Gasteiger partial charge is 0.422 e. The molecule has 1 saturated heterocycles. The molecule has 0 spiro atoms. The first-order valence-corrected chi connectivity index (χ1v) is 4.42. The molecule has 3 N–H and O–H groups in total. The lowest BCUT2D eigenvalue weighted by Gasteiger charge is -2.28. The van der Waals surface area contributed by atoms with E-state index in [1.54, 1.807) is 0 Å². The number of carbonyl (C=O) groups excluding carboxylic acids is 1. The number of amides is 1. The van der Waals surface area contributed by atoms with Gasteiger partial charge in [-0.05, 0) is 20.8 Å². The van der Waals surface area contributed by atoms with Gasteiger partial charge in [-0.2, -0.15) is 0 Å². The Hall–Kier alpha value is -0.810. The second kappa shape index (κ2) is 3.93. The van der Waals surface area contributed by atoms with Crippen molar-refractivity contribution in [3.05, 3.63) is 0 Å². The van der Waals surface area contributed by atoms with Crippen LogP contribution < -0.4 is 16.2 Å². The summed E-state index contributed by atoms with van der Waals surface area (Å²) in [4.78, 5) is 11.1. The monoisotopic (exact) mass is 187 g/mol. The summed E-state index contributed by atoms with van der Waals surface area (Å²) in [5.41, 5.74) is 4.90. The Morgan fingerprint density at radius 3 is 2.46 bits per heavy atom. The van der Waals surface area contributed by atoms with E-state index < -0.39 is 11.7 Å². The van der Waals surface area contributed by atoms with Crippen LogP contribution in [-0.4, -0.2) is 30.8 Å². The van der Waals surface area contributed by atoms with Gasteiger partial charge in [-0.15, -0.1) is 0 Å². The molecule has 1 heterocycles. The number of ether oxygens (including phenoxy) is 1. The highest BCUT2D eigenvalue weighted by atomic mass is 16.6. The zero-order valence-corrected chi connectivity index (χ0v) is 8.31. The molecule has 0 unspecified atom stereocenters. The molecular formula is C8H17N3O2. The lowest BCUT2D eigenvalue weighted by molar-refractivity contribution is 0.0480. The van der Waals surface area contributed by atoms with Crippen LogP contribution in [0, 0.1) is 0 Å². The molecular weight excluding hydrogens is 170 g/mol. The van der Waals surface area contributed by atoms with Crippen molar-refractivity contribution in [1.82, 2.24) is 16.2 Å². The van der Waals surface area contributed by atoms with Crippen molar-refractivity contribution >= 4 is 6.09 Å². The number of rotatable bonds is 2. The molecule has 0 aromatic heterocycles. The van der Waals surface area contributed by atoms with Gasteiger partial charge in [0.05, 0.1) is 6.04 Å². The summed E-state index contributed by atoms with van der Waals surface area (Å²) in [6, 6.07) is 0.326.